The van der Waals surface area contributed by atoms with Gasteiger partial charge in [0.25, 0.3) is 11.1 Å². The highest BCUT2D eigenvalue weighted by Crippen LogP contribution is 2.14. The van der Waals surface area contributed by atoms with Crippen molar-refractivity contribution < 1.29 is 13.9 Å². The maximum atomic E-state index is 13.1. The van der Waals surface area contributed by atoms with Crippen LogP contribution in [0.25, 0.3) is 11.0 Å². The Balaban J connectivity index is 1.75. The first-order valence-corrected chi connectivity index (χ1v) is 9.68. The molecule has 2 heterocycles. The van der Waals surface area contributed by atoms with Gasteiger partial charge in [-0.1, -0.05) is 35.6 Å². The van der Waals surface area contributed by atoms with Crippen LogP contribution in [0.3, 0.4) is 0 Å². The second-order valence-corrected chi connectivity index (χ2v) is 7.45. The lowest BCUT2D eigenvalue weighted by atomic mass is 10.1. The average Bonchev–Trinajstić information content (AvgIpc) is 2.98. The summed E-state index contributed by atoms with van der Waals surface area (Å²) in [6, 6.07) is 12.4. The minimum atomic E-state index is -0.538. The molecule has 0 fully saturated rings. The number of carbonyl (C=O) groups excluding carboxylic acids is 1. The Morgan fingerprint density at radius 3 is 2.70 bits per heavy atom. The third kappa shape index (κ3) is 4.15. The predicted molar refractivity (Wildman–Crippen MR) is 109 cm³/mol. The molecule has 0 unspecified atom stereocenters. The lowest BCUT2D eigenvalue weighted by molar-refractivity contribution is -0.131. The number of benzene rings is 2. The van der Waals surface area contributed by atoms with Crippen molar-refractivity contribution in [1.82, 2.24) is 14.6 Å². The number of fused-ring (bicyclic) bond motifs is 1. The van der Waals surface area contributed by atoms with Crippen molar-refractivity contribution in [3.8, 4) is 5.75 Å². The molecule has 0 atom stereocenters. The SMILES string of the molecule is CC(=O)Oc1cccc(/C=c2/sc3nc(=O)c(Cc4ccc(F)cc4)nn3c2=O)c1. The maximum absolute atomic E-state index is 13.1. The Labute approximate surface area is 172 Å². The summed E-state index contributed by atoms with van der Waals surface area (Å²) in [5, 5.41) is 4.17. The molecule has 0 N–H and O–H groups in total. The van der Waals surface area contributed by atoms with Crippen molar-refractivity contribution in [2.45, 2.75) is 13.3 Å². The molecule has 150 valence electrons. The topological polar surface area (TPSA) is 90.6 Å². The Kier molecular flexibility index (Phi) is 5.20. The van der Waals surface area contributed by atoms with Crippen LogP contribution in [0, 0.1) is 5.82 Å². The number of halogens is 1. The van der Waals surface area contributed by atoms with Crippen molar-refractivity contribution >= 4 is 28.3 Å². The van der Waals surface area contributed by atoms with Crippen molar-refractivity contribution in [2.24, 2.45) is 0 Å². The van der Waals surface area contributed by atoms with Crippen molar-refractivity contribution in [2.75, 3.05) is 0 Å². The molecule has 2 aromatic carbocycles. The summed E-state index contributed by atoms with van der Waals surface area (Å²) < 4.78 is 19.5. The van der Waals surface area contributed by atoms with Gasteiger partial charge in [-0.05, 0) is 41.5 Å². The van der Waals surface area contributed by atoms with E-state index >= 15 is 0 Å². The quantitative estimate of drug-likeness (QED) is 0.367. The summed E-state index contributed by atoms with van der Waals surface area (Å²) in [5.74, 6) is -0.467. The van der Waals surface area contributed by atoms with Gasteiger partial charge in [0.1, 0.15) is 17.3 Å². The molecular weight excluding hydrogens is 409 g/mol. The van der Waals surface area contributed by atoms with Gasteiger partial charge in [-0.3, -0.25) is 14.4 Å². The van der Waals surface area contributed by atoms with Gasteiger partial charge >= 0.3 is 5.97 Å². The van der Waals surface area contributed by atoms with E-state index < -0.39 is 17.1 Å². The second kappa shape index (κ2) is 7.96. The Morgan fingerprint density at radius 2 is 1.97 bits per heavy atom. The largest absolute Gasteiger partial charge is 0.427 e. The fourth-order valence-corrected chi connectivity index (χ4v) is 3.74. The summed E-state index contributed by atoms with van der Waals surface area (Å²) in [4.78, 5) is 40.3. The molecule has 4 aromatic rings. The number of hydrogen-bond donors (Lipinski definition) is 0. The van der Waals surface area contributed by atoms with Gasteiger partial charge in [0.2, 0.25) is 4.96 Å². The number of carbonyl (C=O) groups is 1. The van der Waals surface area contributed by atoms with Crippen LogP contribution >= 0.6 is 11.3 Å². The molecule has 0 bridgehead atoms. The number of ether oxygens (including phenoxy) is 1. The average molecular weight is 423 g/mol. The molecule has 0 spiro atoms. The van der Waals surface area contributed by atoms with Crippen molar-refractivity contribution in [3.63, 3.8) is 0 Å². The van der Waals surface area contributed by atoms with E-state index in [-0.39, 0.29) is 22.9 Å². The number of nitrogens with zero attached hydrogens (tertiary/aromatic N) is 3. The van der Waals surface area contributed by atoms with E-state index in [0.29, 0.717) is 21.4 Å². The van der Waals surface area contributed by atoms with E-state index in [1.54, 1.807) is 42.5 Å². The number of aromatic nitrogens is 3. The lowest BCUT2D eigenvalue weighted by Gasteiger charge is -2.01. The van der Waals surface area contributed by atoms with Crippen molar-refractivity contribution in [1.29, 1.82) is 0 Å². The van der Waals surface area contributed by atoms with E-state index in [1.807, 2.05) is 0 Å². The Hall–Kier alpha value is -3.72. The molecule has 0 radical (unpaired) electrons. The van der Waals surface area contributed by atoms with Crippen LogP contribution in [0.1, 0.15) is 23.7 Å². The standard InChI is InChI=1S/C21H14FN3O4S/c1-12(26)29-16-4-2-3-14(9-16)11-18-20(28)25-21(30-18)23-19(27)17(24-25)10-13-5-7-15(22)8-6-13/h2-9,11H,10H2,1H3/b18-11+. The fourth-order valence-electron chi connectivity index (χ4n) is 2.83. The predicted octanol–water partition coefficient (Wildman–Crippen LogP) is 1.71. The van der Waals surface area contributed by atoms with Crippen molar-refractivity contribution in [3.05, 3.63) is 96.4 Å². The van der Waals surface area contributed by atoms with E-state index in [0.717, 1.165) is 15.9 Å². The molecule has 0 aliphatic heterocycles. The molecule has 0 aliphatic rings. The molecule has 7 nitrogen and oxygen atoms in total. The van der Waals surface area contributed by atoms with Crippen LogP contribution in [0.2, 0.25) is 0 Å². The highest BCUT2D eigenvalue weighted by Gasteiger charge is 2.12. The van der Waals surface area contributed by atoms with Crippen LogP contribution in [0.4, 0.5) is 4.39 Å². The number of thiazole rings is 1. The van der Waals surface area contributed by atoms with E-state index in [1.165, 1.54) is 19.1 Å². The summed E-state index contributed by atoms with van der Waals surface area (Å²) in [5.41, 5.74) is 0.466. The van der Waals surface area contributed by atoms with Crippen LogP contribution in [0.5, 0.6) is 5.75 Å². The zero-order chi connectivity index (χ0) is 21.3. The summed E-state index contributed by atoms with van der Waals surface area (Å²) >= 11 is 1.03. The minimum absolute atomic E-state index is 0.0948. The highest BCUT2D eigenvalue weighted by molar-refractivity contribution is 7.15. The summed E-state index contributed by atoms with van der Waals surface area (Å²) in [7, 11) is 0. The van der Waals surface area contributed by atoms with E-state index in [9.17, 15) is 18.8 Å². The molecule has 4 rings (SSSR count). The highest BCUT2D eigenvalue weighted by atomic mass is 32.1. The zero-order valence-corrected chi connectivity index (χ0v) is 16.5. The molecular formula is C21H14FN3O4S. The van der Waals surface area contributed by atoms with E-state index in [2.05, 4.69) is 10.1 Å². The third-order valence-corrected chi connectivity index (χ3v) is 5.11. The number of hydrogen-bond acceptors (Lipinski definition) is 7. The van der Waals surface area contributed by atoms with Crippen LogP contribution in [0.15, 0.2) is 58.1 Å². The molecule has 30 heavy (non-hydrogen) atoms. The van der Waals surface area contributed by atoms with Gasteiger partial charge in [-0.15, -0.1) is 0 Å². The van der Waals surface area contributed by atoms with Gasteiger partial charge in [0, 0.05) is 13.3 Å². The van der Waals surface area contributed by atoms with Gasteiger partial charge in [-0.2, -0.15) is 14.6 Å². The lowest BCUT2D eigenvalue weighted by Crippen LogP contribution is -2.28. The second-order valence-electron chi connectivity index (χ2n) is 6.44. The fraction of sp³-hybridized carbons (Fsp3) is 0.0952. The molecule has 0 saturated heterocycles. The van der Waals surface area contributed by atoms with Gasteiger partial charge in [-0.25, -0.2) is 4.39 Å². The van der Waals surface area contributed by atoms with Gasteiger partial charge in [0.15, 0.2) is 0 Å². The normalized spacial score (nSPS) is 11.7. The Bertz CT molecular complexity index is 1430. The third-order valence-electron chi connectivity index (χ3n) is 4.15. The first-order chi connectivity index (χ1) is 14.4. The van der Waals surface area contributed by atoms with Crippen LogP contribution in [-0.2, 0) is 11.2 Å². The first-order valence-electron chi connectivity index (χ1n) is 8.86. The van der Waals surface area contributed by atoms with Crippen LogP contribution in [-0.4, -0.2) is 20.6 Å². The smallest absolute Gasteiger partial charge is 0.308 e. The molecule has 2 aromatic heterocycles. The zero-order valence-electron chi connectivity index (χ0n) is 15.7. The van der Waals surface area contributed by atoms with Crippen LogP contribution < -0.4 is 20.4 Å². The summed E-state index contributed by atoms with van der Waals surface area (Å²) in [6.07, 6.45) is 1.74. The maximum Gasteiger partial charge on any atom is 0.308 e. The molecule has 0 aliphatic carbocycles. The molecule has 0 amide bonds. The minimum Gasteiger partial charge on any atom is -0.427 e. The monoisotopic (exact) mass is 423 g/mol. The molecule has 0 saturated carbocycles. The number of rotatable bonds is 4. The van der Waals surface area contributed by atoms with Gasteiger partial charge in [0.05, 0.1) is 4.53 Å². The van der Waals surface area contributed by atoms with Gasteiger partial charge < -0.3 is 4.74 Å². The molecule has 9 heteroatoms. The summed E-state index contributed by atoms with van der Waals surface area (Å²) in [6.45, 7) is 1.30. The first kappa shape index (κ1) is 19.6. The Morgan fingerprint density at radius 1 is 1.20 bits per heavy atom. The van der Waals surface area contributed by atoms with E-state index in [4.69, 9.17) is 4.74 Å². The number of esters is 1.